The third kappa shape index (κ3) is 3.56. The molecule has 1 aliphatic rings. The predicted molar refractivity (Wildman–Crippen MR) is 94.0 cm³/mol. The Bertz CT molecular complexity index is 710. The number of phenols is 1. The van der Waals surface area contributed by atoms with Gasteiger partial charge in [0.1, 0.15) is 5.75 Å². The van der Waals surface area contributed by atoms with Gasteiger partial charge >= 0.3 is 0 Å². The fourth-order valence-corrected chi connectivity index (χ4v) is 3.81. The lowest BCUT2D eigenvalue weighted by molar-refractivity contribution is -0.129. The van der Waals surface area contributed by atoms with Gasteiger partial charge in [-0.05, 0) is 38.3 Å². The fraction of sp³-hybridized carbons (Fsp3) is 0.471. The first kappa shape index (κ1) is 16.8. The molecule has 0 atom stereocenters. The van der Waals surface area contributed by atoms with Gasteiger partial charge in [0.05, 0.1) is 11.3 Å². The van der Waals surface area contributed by atoms with Crippen molar-refractivity contribution >= 4 is 17.7 Å². The van der Waals surface area contributed by atoms with Crippen LogP contribution in [0, 0.1) is 0 Å². The average molecular weight is 346 g/mol. The third-order valence-corrected chi connectivity index (χ3v) is 5.16. The number of para-hydroxylation sites is 1. The number of amides is 1. The summed E-state index contributed by atoms with van der Waals surface area (Å²) in [5.74, 6) is 1.34. The first-order valence-corrected chi connectivity index (χ1v) is 9.31. The van der Waals surface area contributed by atoms with Gasteiger partial charge in [0, 0.05) is 19.6 Å². The second-order valence-electron chi connectivity index (χ2n) is 5.80. The predicted octanol–water partition coefficient (Wildman–Crippen LogP) is 2.78. The first-order chi connectivity index (χ1) is 11.7. The van der Waals surface area contributed by atoms with Crippen LogP contribution in [0.15, 0.2) is 29.4 Å². The number of benzene rings is 1. The molecule has 1 aliphatic heterocycles. The minimum Gasteiger partial charge on any atom is -0.507 e. The molecule has 0 saturated carbocycles. The molecular weight excluding hydrogens is 324 g/mol. The topological polar surface area (TPSA) is 71.2 Å². The Morgan fingerprint density at radius 1 is 1.21 bits per heavy atom. The van der Waals surface area contributed by atoms with Crippen molar-refractivity contribution in [1.29, 1.82) is 0 Å². The summed E-state index contributed by atoms with van der Waals surface area (Å²) in [6.45, 7) is 4.41. The quantitative estimate of drug-likeness (QED) is 0.843. The molecule has 1 amide bonds. The number of rotatable bonds is 5. The molecule has 0 spiro atoms. The van der Waals surface area contributed by atoms with Crippen LogP contribution in [0.3, 0.4) is 0 Å². The highest BCUT2D eigenvalue weighted by molar-refractivity contribution is 7.99. The minimum absolute atomic E-state index is 0.162. The molecule has 7 heteroatoms. The molecule has 1 saturated heterocycles. The summed E-state index contributed by atoms with van der Waals surface area (Å²) in [5, 5.41) is 19.2. The second-order valence-corrected chi connectivity index (χ2v) is 6.74. The van der Waals surface area contributed by atoms with Crippen molar-refractivity contribution in [3.63, 3.8) is 0 Å². The van der Waals surface area contributed by atoms with E-state index < -0.39 is 0 Å². The van der Waals surface area contributed by atoms with E-state index in [9.17, 15) is 9.90 Å². The highest BCUT2D eigenvalue weighted by Crippen LogP contribution is 2.30. The van der Waals surface area contributed by atoms with E-state index in [2.05, 4.69) is 10.2 Å². The van der Waals surface area contributed by atoms with Crippen LogP contribution in [0.5, 0.6) is 5.75 Å². The molecular formula is C17H22N4O2S. The average Bonchev–Trinajstić information content (AvgIpc) is 3.03. The summed E-state index contributed by atoms with van der Waals surface area (Å²) in [7, 11) is 0. The number of piperidine rings is 1. The summed E-state index contributed by atoms with van der Waals surface area (Å²) in [5.41, 5.74) is 0.654. The maximum Gasteiger partial charge on any atom is 0.233 e. The normalized spacial score (nSPS) is 14.8. The number of nitrogens with zero attached hydrogens (tertiary/aromatic N) is 4. The molecule has 6 nitrogen and oxygen atoms in total. The zero-order valence-corrected chi connectivity index (χ0v) is 14.6. The van der Waals surface area contributed by atoms with Crippen LogP contribution in [0.1, 0.15) is 26.2 Å². The molecule has 0 radical (unpaired) electrons. The molecule has 0 bridgehead atoms. The highest BCUT2D eigenvalue weighted by atomic mass is 32.2. The van der Waals surface area contributed by atoms with E-state index in [1.807, 2.05) is 28.5 Å². The standard InChI is InChI=1S/C17H22N4O2S/c1-2-21-16(13-8-4-5-9-14(13)22)18-19-17(21)24-12-15(23)20-10-6-3-7-11-20/h4-5,8-9,22H,2-3,6-7,10-12H2,1H3. The van der Waals surface area contributed by atoms with Crippen molar-refractivity contribution in [3.8, 4) is 17.1 Å². The van der Waals surface area contributed by atoms with Crippen LogP contribution < -0.4 is 0 Å². The maximum absolute atomic E-state index is 12.3. The molecule has 24 heavy (non-hydrogen) atoms. The molecule has 1 aromatic carbocycles. The van der Waals surface area contributed by atoms with E-state index >= 15 is 0 Å². The van der Waals surface area contributed by atoms with Gasteiger partial charge in [-0.1, -0.05) is 23.9 Å². The molecule has 1 fully saturated rings. The largest absolute Gasteiger partial charge is 0.507 e. The van der Waals surface area contributed by atoms with Crippen LogP contribution in [-0.2, 0) is 11.3 Å². The van der Waals surface area contributed by atoms with Gasteiger partial charge in [0.15, 0.2) is 11.0 Å². The van der Waals surface area contributed by atoms with Gasteiger partial charge in [-0.25, -0.2) is 0 Å². The Morgan fingerprint density at radius 2 is 1.96 bits per heavy atom. The van der Waals surface area contributed by atoms with Gasteiger partial charge in [-0.2, -0.15) is 0 Å². The lowest BCUT2D eigenvalue weighted by Crippen LogP contribution is -2.36. The highest BCUT2D eigenvalue weighted by Gasteiger charge is 2.20. The molecule has 0 unspecified atom stereocenters. The molecule has 1 aromatic heterocycles. The van der Waals surface area contributed by atoms with Gasteiger partial charge in [-0.3, -0.25) is 4.79 Å². The zero-order chi connectivity index (χ0) is 16.9. The van der Waals surface area contributed by atoms with Gasteiger partial charge in [-0.15, -0.1) is 10.2 Å². The van der Waals surface area contributed by atoms with Crippen LogP contribution in [0.25, 0.3) is 11.4 Å². The monoisotopic (exact) mass is 346 g/mol. The number of aromatic hydroxyl groups is 1. The lowest BCUT2D eigenvalue weighted by Gasteiger charge is -2.26. The Labute approximate surface area is 145 Å². The first-order valence-electron chi connectivity index (χ1n) is 8.33. The molecule has 2 aromatic rings. The Morgan fingerprint density at radius 3 is 2.67 bits per heavy atom. The van der Waals surface area contributed by atoms with Crippen molar-refractivity contribution in [2.75, 3.05) is 18.8 Å². The van der Waals surface area contributed by atoms with E-state index in [-0.39, 0.29) is 11.7 Å². The zero-order valence-electron chi connectivity index (χ0n) is 13.8. The third-order valence-electron chi connectivity index (χ3n) is 4.21. The molecule has 3 rings (SSSR count). The molecule has 2 heterocycles. The summed E-state index contributed by atoms with van der Waals surface area (Å²) >= 11 is 1.41. The number of likely N-dealkylation sites (tertiary alicyclic amines) is 1. The van der Waals surface area contributed by atoms with E-state index in [1.54, 1.807) is 12.1 Å². The molecule has 1 N–H and O–H groups in total. The number of hydrogen-bond acceptors (Lipinski definition) is 5. The number of hydrogen-bond donors (Lipinski definition) is 1. The molecule has 0 aliphatic carbocycles. The fourth-order valence-electron chi connectivity index (χ4n) is 2.90. The number of phenolic OH excluding ortho intramolecular Hbond substituents is 1. The van der Waals surface area contributed by atoms with Crippen LogP contribution in [0.2, 0.25) is 0 Å². The minimum atomic E-state index is 0.162. The van der Waals surface area contributed by atoms with Crippen LogP contribution in [0.4, 0.5) is 0 Å². The Hall–Kier alpha value is -2.02. The van der Waals surface area contributed by atoms with E-state index in [4.69, 9.17) is 0 Å². The van der Waals surface area contributed by atoms with Crippen molar-refractivity contribution in [2.24, 2.45) is 0 Å². The number of thioether (sulfide) groups is 1. The van der Waals surface area contributed by atoms with Crippen molar-refractivity contribution in [3.05, 3.63) is 24.3 Å². The number of carbonyl (C=O) groups is 1. The Kier molecular flexibility index (Phi) is 5.40. The van der Waals surface area contributed by atoms with E-state index in [0.29, 0.717) is 28.8 Å². The van der Waals surface area contributed by atoms with Crippen molar-refractivity contribution in [1.82, 2.24) is 19.7 Å². The van der Waals surface area contributed by atoms with Crippen LogP contribution >= 0.6 is 11.8 Å². The number of carbonyl (C=O) groups excluding carboxylic acids is 1. The smallest absolute Gasteiger partial charge is 0.233 e. The van der Waals surface area contributed by atoms with E-state index in [1.165, 1.54) is 18.2 Å². The Balaban J connectivity index is 1.73. The van der Waals surface area contributed by atoms with Gasteiger partial charge < -0.3 is 14.6 Å². The van der Waals surface area contributed by atoms with Crippen LogP contribution in [-0.4, -0.2) is 49.5 Å². The SMILES string of the molecule is CCn1c(SCC(=O)N2CCCCC2)nnc1-c1ccccc1O. The summed E-state index contributed by atoms with van der Waals surface area (Å²) in [6.07, 6.45) is 3.41. The van der Waals surface area contributed by atoms with Gasteiger partial charge in [0.25, 0.3) is 0 Å². The van der Waals surface area contributed by atoms with Gasteiger partial charge in [0.2, 0.25) is 5.91 Å². The lowest BCUT2D eigenvalue weighted by atomic mass is 10.1. The van der Waals surface area contributed by atoms with Crippen molar-refractivity contribution in [2.45, 2.75) is 37.9 Å². The summed E-state index contributed by atoms with van der Waals surface area (Å²) < 4.78 is 1.93. The summed E-state index contributed by atoms with van der Waals surface area (Å²) in [6, 6.07) is 7.09. The summed E-state index contributed by atoms with van der Waals surface area (Å²) in [4.78, 5) is 14.2. The molecule has 128 valence electrons. The van der Waals surface area contributed by atoms with E-state index in [0.717, 1.165) is 25.9 Å². The number of aromatic nitrogens is 3. The maximum atomic E-state index is 12.3. The second kappa shape index (κ2) is 7.70. The van der Waals surface area contributed by atoms with Crippen molar-refractivity contribution < 1.29 is 9.90 Å².